The number of likely N-dealkylation sites (tertiary alicyclic amines) is 1. The fourth-order valence-corrected chi connectivity index (χ4v) is 4.54. The van der Waals surface area contributed by atoms with Crippen molar-refractivity contribution in [3.63, 3.8) is 0 Å². The highest BCUT2D eigenvalue weighted by molar-refractivity contribution is 8.00. The van der Waals surface area contributed by atoms with Gasteiger partial charge in [-0.25, -0.2) is 0 Å². The third-order valence-corrected chi connectivity index (χ3v) is 5.77. The van der Waals surface area contributed by atoms with E-state index < -0.39 is 0 Å². The number of benzene rings is 1. The van der Waals surface area contributed by atoms with E-state index in [2.05, 4.69) is 25.1 Å². The number of nitrogens with zero attached hydrogens (tertiary/aromatic N) is 1. The Bertz CT molecular complexity index is 488. The molecular weight excluding hydrogens is 266 g/mol. The molecule has 0 unspecified atom stereocenters. The van der Waals surface area contributed by atoms with Crippen molar-refractivity contribution in [2.24, 2.45) is 0 Å². The van der Waals surface area contributed by atoms with Crippen LogP contribution in [0.15, 0.2) is 23.1 Å². The largest absolute Gasteiger partial charge is 0.339 e. The highest BCUT2D eigenvalue weighted by Crippen LogP contribution is 2.37. The molecule has 0 aromatic heterocycles. The van der Waals surface area contributed by atoms with Crippen LogP contribution in [0.4, 0.5) is 0 Å². The summed E-state index contributed by atoms with van der Waals surface area (Å²) < 4.78 is 0. The van der Waals surface area contributed by atoms with Gasteiger partial charge < -0.3 is 4.90 Å². The molecule has 0 N–H and O–H groups in total. The molecule has 2 aliphatic rings. The summed E-state index contributed by atoms with van der Waals surface area (Å²) in [5.41, 5.74) is 2.12. The van der Waals surface area contributed by atoms with Gasteiger partial charge in [-0.2, -0.15) is 0 Å². The van der Waals surface area contributed by atoms with Gasteiger partial charge in [0.2, 0.25) is 0 Å². The molecule has 3 rings (SSSR count). The lowest BCUT2D eigenvalue weighted by Gasteiger charge is -2.19. The van der Waals surface area contributed by atoms with Gasteiger partial charge in [0.1, 0.15) is 0 Å². The zero-order valence-electron chi connectivity index (χ0n) is 12.2. The summed E-state index contributed by atoms with van der Waals surface area (Å²) in [5.74, 6) is 0.242. The molecule has 0 spiro atoms. The minimum atomic E-state index is 0.242. The fraction of sp³-hybridized carbons (Fsp3) is 0.588. The first-order valence-corrected chi connectivity index (χ1v) is 8.68. The maximum absolute atomic E-state index is 12.7. The Morgan fingerprint density at radius 1 is 1.15 bits per heavy atom. The molecule has 1 aliphatic carbocycles. The molecule has 1 aliphatic heterocycles. The first kappa shape index (κ1) is 14.0. The number of amides is 1. The molecule has 108 valence electrons. The van der Waals surface area contributed by atoms with Gasteiger partial charge >= 0.3 is 0 Å². The number of thioether (sulfide) groups is 1. The summed E-state index contributed by atoms with van der Waals surface area (Å²) in [7, 11) is 0. The molecule has 0 radical (unpaired) electrons. The molecule has 1 aromatic carbocycles. The van der Waals surface area contributed by atoms with Crippen molar-refractivity contribution in [1.29, 1.82) is 0 Å². The number of carbonyl (C=O) groups excluding carboxylic acids is 1. The van der Waals surface area contributed by atoms with E-state index in [1.54, 1.807) is 0 Å². The van der Waals surface area contributed by atoms with Gasteiger partial charge in [-0.15, -0.1) is 11.8 Å². The lowest BCUT2D eigenvalue weighted by molar-refractivity contribution is 0.0789. The molecule has 1 aromatic rings. The van der Waals surface area contributed by atoms with Crippen molar-refractivity contribution in [2.45, 2.75) is 55.6 Å². The molecule has 3 heteroatoms. The Balaban J connectivity index is 1.83. The van der Waals surface area contributed by atoms with Crippen molar-refractivity contribution >= 4 is 17.7 Å². The van der Waals surface area contributed by atoms with E-state index in [9.17, 15) is 4.79 Å². The van der Waals surface area contributed by atoms with Gasteiger partial charge in [0.25, 0.3) is 5.91 Å². The minimum Gasteiger partial charge on any atom is -0.339 e. The summed E-state index contributed by atoms with van der Waals surface area (Å²) in [6.45, 7) is 3.94. The Morgan fingerprint density at radius 3 is 2.55 bits per heavy atom. The van der Waals surface area contributed by atoms with Crippen molar-refractivity contribution in [1.82, 2.24) is 4.90 Å². The third kappa shape index (κ3) is 3.03. The highest BCUT2D eigenvalue weighted by Gasteiger charge is 2.24. The third-order valence-electron chi connectivity index (χ3n) is 4.35. The standard InChI is InChI=1S/C17H23NOS/c1-13-8-9-16(20-14-6-2-3-7-14)15(12-13)17(19)18-10-4-5-11-18/h8-9,12,14H,2-7,10-11H2,1H3. The Morgan fingerprint density at radius 2 is 1.85 bits per heavy atom. The lowest BCUT2D eigenvalue weighted by atomic mass is 10.1. The first-order chi connectivity index (χ1) is 9.74. The summed E-state index contributed by atoms with van der Waals surface area (Å²) in [6.07, 6.45) is 7.61. The highest BCUT2D eigenvalue weighted by atomic mass is 32.2. The van der Waals surface area contributed by atoms with Crippen LogP contribution in [0.1, 0.15) is 54.4 Å². The molecule has 1 heterocycles. The van der Waals surface area contributed by atoms with Crippen molar-refractivity contribution in [3.8, 4) is 0 Å². The normalized spacial score (nSPS) is 19.8. The smallest absolute Gasteiger partial charge is 0.254 e. The molecule has 1 saturated heterocycles. The molecule has 0 atom stereocenters. The fourth-order valence-electron chi connectivity index (χ4n) is 3.19. The molecule has 2 nitrogen and oxygen atoms in total. The number of carbonyl (C=O) groups is 1. The van der Waals surface area contributed by atoms with Crippen LogP contribution in [-0.4, -0.2) is 29.1 Å². The number of aryl methyl sites for hydroxylation is 1. The van der Waals surface area contributed by atoms with Crippen LogP contribution in [0, 0.1) is 6.92 Å². The second kappa shape index (κ2) is 6.21. The van der Waals surface area contributed by atoms with E-state index in [1.807, 2.05) is 16.7 Å². The van der Waals surface area contributed by atoms with E-state index in [4.69, 9.17) is 0 Å². The van der Waals surface area contributed by atoms with Gasteiger partial charge in [-0.05, 0) is 44.7 Å². The van der Waals surface area contributed by atoms with Gasteiger partial charge in [0.05, 0.1) is 5.56 Å². The van der Waals surface area contributed by atoms with Crippen molar-refractivity contribution in [2.75, 3.05) is 13.1 Å². The van der Waals surface area contributed by atoms with Gasteiger partial charge in [0.15, 0.2) is 0 Å². The van der Waals surface area contributed by atoms with E-state index >= 15 is 0 Å². The summed E-state index contributed by atoms with van der Waals surface area (Å²) in [6, 6.07) is 6.37. The van der Waals surface area contributed by atoms with Crippen LogP contribution in [-0.2, 0) is 0 Å². The van der Waals surface area contributed by atoms with Crippen LogP contribution in [0.5, 0.6) is 0 Å². The molecule has 1 amide bonds. The van der Waals surface area contributed by atoms with Crippen LogP contribution >= 0.6 is 11.8 Å². The van der Waals surface area contributed by atoms with Gasteiger partial charge in [0, 0.05) is 23.2 Å². The molecule has 1 saturated carbocycles. The zero-order chi connectivity index (χ0) is 13.9. The quantitative estimate of drug-likeness (QED) is 0.828. The summed E-state index contributed by atoms with van der Waals surface area (Å²) in [5, 5.41) is 0.711. The predicted molar refractivity (Wildman–Crippen MR) is 84.4 cm³/mol. The van der Waals surface area contributed by atoms with Crippen LogP contribution in [0.25, 0.3) is 0 Å². The maximum Gasteiger partial charge on any atom is 0.254 e. The van der Waals surface area contributed by atoms with Crippen molar-refractivity contribution < 1.29 is 4.79 Å². The first-order valence-electron chi connectivity index (χ1n) is 7.80. The average molecular weight is 289 g/mol. The van der Waals surface area contributed by atoms with E-state index in [-0.39, 0.29) is 5.91 Å². The molecule has 0 bridgehead atoms. The average Bonchev–Trinajstić information content (AvgIpc) is 3.12. The maximum atomic E-state index is 12.7. The van der Waals surface area contributed by atoms with Crippen LogP contribution in [0.2, 0.25) is 0 Å². The Labute approximate surface area is 125 Å². The van der Waals surface area contributed by atoms with E-state index in [0.717, 1.165) is 31.5 Å². The molecule has 2 fully saturated rings. The number of hydrogen-bond donors (Lipinski definition) is 0. The number of rotatable bonds is 3. The van der Waals surface area contributed by atoms with E-state index in [0.29, 0.717) is 5.25 Å². The van der Waals surface area contributed by atoms with Gasteiger partial charge in [-0.3, -0.25) is 4.79 Å². The van der Waals surface area contributed by atoms with Crippen molar-refractivity contribution in [3.05, 3.63) is 29.3 Å². The lowest BCUT2D eigenvalue weighted by Crippen LogP contribution is -2.28. The van der Waals surface area contributed by atoms with Gasteiger partial charge in [-0.1, -0.05) is 24.5 Å². The molecular formula is C17H23NOS. The summed E-state index contributed by atoms with van der Waals surface area (Å²) in [4.78, 5) is 15.9. The zero-order valence-corrected chi connectivity index (χ0v) is 13.0. The predicted octanol–water partition coefficient (Wildman–Crippen LogP) is 4.27. The SMILES string of the molecule is Cc1ccc(SC2CCCC2)c(C(=O)N2CCCC2)c1. The summed E-state index contributed by atoms with van der Waals surface area (Å²) >= 11 is 1.93. The Kier molecular flexibility index (Phi) is 4.35. The monoisotopic (exact) mass is 289 g/mol. The second-order valence-electron chi connectivity index (χ2n) is 6.02. The van der Waals surface area contributed by atoms with E-state index in [1.165, 1.54) is 36.1 Å². The van der Waals surface area contributed by atoms with Crippen LogP contribution < -0.4 is 0 Å². The number of hydrogen-bond acceptors (Lipinski definition) is 2. The van der Waals surface area contributed by atoms with Crippen LogP contribution in [0.3, 0.4) is 0 Å². The second-order valence-corrected chi connectivity index (χ2v) is 7.37. The topological polar surface area (TPSA) is 20.3 Å². The minimum absolute atomic E-state index is 0.242. The molecule has 20 heavy (non-hydrogen) atoms. The Hall–Kier alpha value is -0.960.